The summed E-state index contributed by atoms with van der Waals surface area (Å²) in [5, 5.41) is 3.74. The van der Waals surface area contributed by atoms with Gasteiger partial charge in [-0.3, -0.25) is 0 Å². The smallest absolute Gasteiger partial charge is 0.340 e. The molecule has 0 atom stereocenters. The maximum atomic E-state index is 11.8. The minimum absolute atomic E-state index is 0.410. The molecule has 0 heterocycles. The molecule has 0 saturated heterocycles. The van der Waals surface area contributed by atoms with Crippen molar-refractivity contribution < 1.29 is 9.53 Å². The Kier molecular flexibility index (Phi) is 5.26. The standard InChI is InChI=1S/C16H15BrClNO2/c1-10-7-11(3-5-14(10)17)9-19-15-6-4-12(18)8-13(15)16(20)21-2/h3-8,19H,9H2,1-2H3. The highest BCUT2D eigenvalue weighted by Crippen LogP contribution is 2.23. The van der Waals surface area contributed by atoms with Gasteiger partial charge in [0, 0.05) is 21.7 Å². The minimum Gasteiger partial charge on any atom is -0.465 e. The van der Waals surface area contributed by atoms with Crippen molar-refractivity contribution in [2.75, 3.05) is 12.4 Å². The van der Waals surface area contributed by atoms with E-state index >= 15 is 0 Å². The summed E-state index contributed by atoms with van der Waals surface area (Å²) in [7, 11) is 1.35. The number of nitrogens with one attached hydrogen (secondary N) is 1. The van der Waals surface area contributed by atoms with Gasteiger partial charge in [0.1, 0.15) is 0 Å². The van der Waals surface area contributed by atoms with Crippen LogP contribution in [0.15, 0.2) is 40.9 Å². The summed E-state index contributed by atoms with van der Waals surface area (Å²) in [5.41, 5.74) is 3.42. The van der Waals surface area contributed by atoms with Crippen molar-refractivity contribution in [1.82, 2.24) is 0 Å². The van der Waals surface area contributed by atoms with E-state index in [1.165, 1.54) is 12.7 Å². The number of esters is 1. The van der Waals surface area contributed by atoms with Crippen LogP contribution in [0.5, 0.6) is 0 Å². The van der Waals surface area contributed by atoms with Gasteiger partial charge in [-0.05, 0) is 42.3 Å². The molecule has 0 aliphatic heterocycles. The highest BCUT2D eigenvalue weighted by molar-refractivity contribution is 9.10. The third kappa shape index (κ3) is 3.99. The summed E-state index contributed by atoms with van der Waals surface area (Å²) < 4.78 is 5.85. The van der Waals surface area contributed by atoms with Crippen molar-refractivity contribution in [2.24, 2.45) is 0 Å². The molecular weight excluding hydrogens is 354 g/mol. The lowest BCUT2D eigenvalue weighted by atomic mass is 10.1. The zero-order chi connectivity index (χ0) is 15.4. The van der Waals surface area contributed by atoms with E-state index in [0.29, 0.717) is 22.8 Å². The molecule has 2 aromatic rings. The van der Waals surface area contributed by atoms with Crippen LogP contribution in [0, 0.1) is 6.92 Å². The molecule has 0 aliphatic rings. The molecule has 2 aromatic carbocycles. The highest BCUT2D eigenvalue weighted by atomic mass is 79.9. The SMILES string of the molecule is COC(=O)c1cc(Cl)ccc1NCc1ccc(Br)c(C)c1. The number of methoxy groups -OCH3 is 1. The average Bonchev–Trinajstić information content (AvgIpc) is 2.48. The number of hydrogen-bond acceptors (Lipinski definition) is 3. The van der Waals surface area contributed by atoms with E-state index in [1.807, 2.05) is 19.1 Å². The molecule has 2 rings (SSSR count). The van der Waals surface area contributed by atoms with Crippen molar-refractivity contribution in [3.63, 3.8) is 0 Å². The normalized spacial score (nSPS) is 10.3. The topological polar surface area (TPSA) is 38.3 Å². The van der Waals surface area contributed by atoms with Crippen molar-refractivity contribution in [2.45, 2.75) is 13.5 Å². The number of anilines is 1. The summed E-state index contributed by atoms with van der Waals surface area (Å²) in [6, 6.07) is 11.2. The van der Waals surface area contributed by atoms with Gasteiger partial charge in [0.05, 0.1) is 12.7 Å². The number of rotatable bonds is 4. The van der Waals surface area contributed by atoms with Gasteiger partial charge in [-0.2, -0.15) is 0 Å². The minimum atomic E-state index is -0.410. The van der Waals surface area contributed by atoms with Crippen molar-refractivity contribution in [3.05, 3.63) is 62.6 Å². The molecule has 0 amide bonds. The maximum Gasteiger partial charge on any atom is 0.340 e. The second kappa shape index (κ2) is 6.96. The first-order chi connectivity index (χ1) is 10.0. The summed E-state index contributed by atoms with van der Waals surface area (Å²) in [6.45, 7) is 2.65. The molecule has 0 saturated carbocycles. The zero-order valence-electron chi connectivity index (χ0n) is 11.7. The molecule has 21 heavy (non-hydrogen) atoms. The lowest BCUT2D eigenvalue weighted by Crippen LogP contribution is -2.08. The first-order valence-corrected chi connectivity index (χ1v) is 7.55. The third-order valence-electron chi connectivity index (χ3n) is 3.09. The Morgan fingerprint density at radius 1 is 1.29 bits per heavy atom. The Bertz CT molecular complexity index is 673. The third-order valence-corrected chi connectivity index (χ3v) is 4.22. The fourth-order valence-corrected chi connectivity index (χ4v) is 2.38. The fraction of sp³-hybridized carbons (Fsp3) is 0.188. The van der Waals surface area contributed by atoms with Gasteiger partial charge in [0.25, 0.3) is 0 Å². The van der Waals surface area contributed by atoms with Gasteiger partial charge < -0.3 is 10.1 Å². The first kappa shape index (κ1) is 15.9. The van der Waals surface area contributed by atoms with Crippen LogP contribution in [-0.4, -0.2) is 13.1 Å². The number of aryl methyl sites for hydroxylation is 1. The average molecular weight is 369 g/mol. The monoisotopic (exact) mass is 367 g/mol. The molecule has 1 N–H and O–H groups in total. The second-order valence-electron chi connectivity index (χ2n) is 4.62. The predicted molar refractivity (Wildman–Crippen MR) is 89.0 cm³/mol. The van der Waals surface area contributed by atoms with Crippen molar-refractivity contribution in [3.8, 4) is 0 Å². The van der Waals surface area contributed by atoms with E-state index in [9.17, 15) is 4.79 Å². The van der Waals surface area contributed by atoms with Gasteiger partial charge >= 0.3 is 5.97 Å². The summed E-state index contributed by atoms with van der Waals surface area (Å²) >= 11 is 9.41. The molecule has 110 valence electrons. The van der Waals surface area contributed by atoms with Crippen molar-refractivity contribution in [1.29, 1.82) is 0 Å². The Labute approximate surface area is 137 Å². The molecule has 3 nitrogen and oxygen atoms in total. The van der Waals surface area contributed by atoms with E-state index < -0.39 is 5.97 Å². The fourth-order valence-electron chi connectivity index (χ4n) is 1.96. The number of halogens is 2. The van der Waals surface area contributed by atoms with Gasteiger partial charge in [-0.1, -0.05) is 39.7 Å². The number of carbonyl (C=O) groups is 1. The van der Waals surface area contributed by atoms with E-state index in [4.69, 9.17) is 16.3 Å². The number of benzene rings is 2. The lowest BCUT2D eigenvalue weighted by molar-refractivity contribution is 0.0602. The van der Waals surface area contributed by atoms with Gasteiger partial charge in [-0.15, -0.1) is 0 Å². The zero-order valence-corrected chi connectivity index (χ0v) is 14.1. The molecule has 0 aliphatic carbocycles. The van der Waals surface area contributed by atoms with E-state index in [2.05, 4.69) is 27.3 Å². The summed E-state index contributed by atoms with van der Waals surface area (Å²) in [5.74, 6) is -0.410. The van der Waals surface area contributed by atoms with Gasteiger partial charge in [0.2, 0.25) is 0 Å². The first-order valence-electron chi connectivity index (χ1n) is 6.38. The molecule has 0 bridgehead atoms. The molecule has 0 aromatic heterocycles. The number of hydrogen-bond donors (Lipinski definition) is 1. The number of carbonyl (C=O) groups excluding carboxylic acids is 1. The molecule has 0 unspecified atom stereocenters. The Hall–Kier alpha value is -1.52. The van der Waals surface area contributed by atoms with Crippen LogP contribution in [-0.2, 0) is 11.3 Å². The van der Waals surface area contributed by atoms with Crippen LogP contribution in [0.2, 0.25) is 5.02 Å². The van der Waals surface area contributed by atoms with E-state index in [1.54, 1.807) is 18.2 Å². The Morgan fingerprint density at radius 3 is 2.71 bits per heavy atom. The summed E-state index contributed by atoms with van der Waals surface area (Å²) in [4.78, 5) is 11.8. The molecule has 0 spiro atoms. The largest absolute Gasteiger partial charge is 0.465 e. The summed E-state index contributed by atoms with van der Waals surface area (Å²) in [6.07, 6.45) is 0. The number of ether oxygens (including phenoxy) is 1. The molecule has 5 heteroatoms. The van der Waals surface area contributed by atoms with Crippen LogP contribution in [0.4, 0.5) is 5.69 Å². The quantitative estimate of drug-likeness (QED) is 0.787. The van der Waals surface area contributed by atoms with Crippen LogP contribution < -0.4 is 5.32 Å². The van der Waals surface area contributed by atoms with Gasteiger partial charge in [0.15, 0.2) is 0 Å². The van der Waals surface area contributed by atoms with E-state index in [-0.39, 0.29) is 0 Å². The Balaban J connectivity index is 2.19. The van der Waals surface area contributed by atoms with Crippen LogP contribution in [0.1, 0.15) is 21.5 Å². The van der Waals surface area contributed by atoms with Crippen LogP contribution >= 0.6 is 27.5 Å². The highest BCUT2D eigenvalue weighted by Gasteiger charge is 2.12. The molecular formula is C16H15BrClNO2. The second-order valence-corrected chi connectivity index (χ2v) is 5.91. The van der Waals surface area contributed by atoms with Crippen LogP contribution in [0.3, 0.4) is 0 Å². The van der Waals surface area contributed by atoms with Gasteiger partial charge in [-0.25, -0.2) is 4.79 Å². The van der Waals surface area contributed by atoms with E-state index in [0.717, 1.165) is 10.0 Å². The Morgan fingerprint density at radius 2 is 2.05 bits per heavy atom. The lowest BCUT2D eigenvalue weighted by Gasteiger charge is -2.12. The van der Waals surface area contributed by atoms with Crippen molar-refractivity contribution >= 4 is 39.2 Å². The predicted octanol–water partition coefficient (Wildman–Crippen LogP) is 4.81. The van der Waals surface area contributed by atoms with Crippen LogP contribution in [0.25, 0.3) is 0 Å². The maximum absolute atomic E-state index is 11.8. The molecule has 0 fully saturated rings. The molecule has 0 radical (unpaired) electrons.